The molecule has 0 aliphatic heterocycles. The Bertz CT molecular complexity index is 706. The topological polar surface area (TPSA) is 76.1 Å². The van der Waals surface area contributed by atoms with Gasteiger partial charge < -0.3 is 17.7 Å². The second kappa shape index (κ2) is 8.45. The number of halogens is 2. The lowest BCUT2D eigenvalue weighted by molar-refractivity contribution is -0.684. The van der Waals surface area contributed by atoms with Crippen molar-refractivity contribution in [2.45, 2.75) is 19.9 Å². The Balaban J connectivity index is 0.00000264. The molecule has 1 N–H and O–H groups in total. The zero-order valence-electron chi connectivity index (χ0n) is 12.3. The molecule has 0 spiro atoms. The average Bonchev–Trinajstić information content (AvgIpc) is 2.49. The number of nitro groups is 1. The van der Waals surface area contributed by atoms with E-state index in [0.717, 1.165) is 6.42 Å². The number of nitrogens with zero attached hydrogens (tertiary/aromatic N) is 2. The van der Waals surface area contributed by atoms with Crippen molar-refractivity contribution in [2.24, 2.45) is 0 Å². The van der Waals surface area contributed by atoms with Gasteiger partial charge in [-0.1, -0.05) is 18.5 Å². The minimum atomic E-state index is -0.579. The number of carbonyl (C=O) groups excluding carboxylic acids is 1. The third kappa shape index (κ3) is 5.19. The Morgan fingerprint density at radius 2 is 1.96 bits per heavy atom. The Hall–Kier alpha value is -2.18. The van der Waals surface area contributed by atoms with Crippen molar-refractivity contribution in [1.82, 2.24) is 0 Å². The summed E-state index contributed by atoms with van der Waals surface area (Å²) in [4.78, 5) is 22.4. The summed E-state index contributed by atoms with van der Waals surface area (Å²) in [6.07, 6.45) is 4.52. The smallest absolute Gasteiger partial charge is 0.294 e. The fourth-order valence-corrected chi connectivity index (χ4v) is 2.11. The zero-order valence-corrected chi connectivity index (χ0v) is 13.8. The van der Waals surface area contributed by atoms with Crippen LogP contribution < -0.4 is 22.3 Å². The van der Waals surface area contributed by atoms with E-state index in [-0.39, 0.29) is 41.3 Å². The van der Waals surface area contributed by atoms with E-state index in [1.165, 1.54) is 23.8 Å². The number of anilines is 1. The highest BCUT2D eigenvalue weighted by Gasteiger charge is 2.18. The van der Waals surface area contributed by atoms with Gasteiger partial charge in [0.05, 0.1) is 4.92 Å². The van der Waals surface area contributed by atoms with Gasteiger partial charge in [0.1, 0.15) is 5.69 Å². The summed E-state index contributed by atoms with van der Waals surface area (Å²) in [6.45, 7) is 2.12. The summed E-state index contributed by atoms with van der Waals surface area (Å²) >= 11 is 5.73. The van der Waals surface area contributed by atoms with Crippen LogP contribution in [0, 0.1) is 10.1 Å². The summed E-state index contributed by atoms with van der Waals surface area (Å²) in [7, 11) is 0. The Morgan fingerprint density at radius 1 is 1.30 bits per heavy atom. The van der Waals surface area contributed by atoms with Gasteiger partial charge in [-0.3, -0.25) is 14.9 Å². The first-order chi connectivity index (χ1) is 10.5. The lowest BCUT2D eigenvalue weighted by atomic mass is 10.2. The Morgan fingerprint density at radius 3 is 2.52 bits per heavy atom. The molecule has 0 radical (unpaired) electrons. The number of aromatic nitrogens is 1. The van der Waals surface area contributed by atoms with Gasteiger partial charge in [-0.05, 0) is 24.1 Å². The van der Waals surface area contributed by atoms with Crippen LogP contribution in [0.25, 0.3) is 0 Å². The lowest BCUT2D eigenvalue weighted by Crippen LogP contribution is -3.00. The standard InChI is InChI=1S/C15H14ClN3O3.ClH/c1-2-11-5-7-18(8-6-11)10-15(20)17-13-4-3-12(16)9-14(13)19(21)22;/h3-9H,2,10H2,1H3;1H. The van der Waals surface area contributed by atoms with Gasteiger partial charge >= 0.3 is 0 Å². The van der Waals surface area contributed by atoms with E-state index >= 15 is 0 Å². The fourth-order valence-electron chi connectivity index (χ4n) is 1.95. The van der Waals surface area contributed by atoms with Crippen LogP contribution in [-0.2, 0) is 17.8 Å². The van der Waals surface area contributed by atoms with Gasteiger partial charge in [0, 0.05) is 23.2 Å². The minimum absolute atomic E-state index is 0. The van der Waals surface area contributed by atoms with Crippen molar-refractivity contribution < 1.29 is 26.7 Å². The van der Waals surface area contributed by atoms with Crippen molar-refractivity contribution in [3.05, 3.63) is 63.4 Å². The van der Waals surface area contributed by atoms with Crippen LogP contribution in [0.15, 0.2) is 42.7 Å². The molecule has 0 unspecified atom stereocenters. The van der Waals surface area contributed by atoms with Gasteiger partial charge in [-0.15, -0.1) is 0 Å². The summed E-state index contributed by atoms with van der Waals surface area (Å²) in [6, 6.07) is 7.98. The molecule has 0 saturated heterocycles. The van der Waals surface area contributed by atoms with E-state index in [0.29, 0.717) is 0 Å². The second-order valence-electron chi connectivity index (χ2n) is 4.70. The summed E-state index contributed by atoms with van der Waals surface area (Å²) in [5, 5.41) is 13.8. The molecule has 2 rings (SSSR count). The van der Waals surface area contributed by atoms with Crippen molar-refractivity contribution in [2.75, 3.05) is 5.32 Å². The predicted octanol–water partition coefficient (Wildman–Crippen LogP) is -0.259. The van der Waals surface area contributed by atoms with Crippen LogP contribution in [0.5, 0.6) is 0 Å². The molecular weight excluding hydrogens is 341 g/mol. The highest BCUT2D eigenvalue weighted by molar-refractivity contribution is 6.31. The van der Waals surface area contributed by atoms with E-state index in [1.54, 1.807) is 17.0 Å². The maximum absolute atomic E-state index is 12.0. The van der Waals surface area contributed by atoms with Crippen LogP contribution >= 0.6 is 11.6 Å². The SMILES string of the molecule is CCc1cc[n+](CC(=O)Nc2ccc(Cl)cc2[N+](=O)[O-])cc1.[Cl-]. The van der Waals surface area contributed by atoms with E-state index in [4.69, 9.17) is 11.6 Å². The van der Waals surface area contributed by atoms with Crippen molar-refractivity contribution in [3.63, 3.8) is 0 Å². The summed E-state index contributed by atoms with van der Waals surface area (Å²) < 4.78 is 1.70. The largest absolute Gasteiger partial charge is 1.00 e. The maximum atomic E-state index is 12.0. The van der Waals surface area contributed by atoms with Crippen LogP contribution in [0.3, 0.4) is 0 Å². The van der Waals surface area contributed by atoms with Gasteiger partial charge in [0.15, 0.2) is 12.4 Å². The number of rotatable bonds is 5. The molecule has 0 aliphatic rings. The first-order valence-corrected chi connectivity index (χ1v) is 7.09. The van der Waals surface area contributed by atoms with E-state index in [9.17, 15) is 14.9 Å². The highest BCUT2D eigenvalue weighted by Crippen LogP contribution is 2.27. The third-order valence-electron chi connectivity index (χ3n) is 3.13. The monoisotopic (exact) mass is 355 g/mol. The second-order valence-corrected chi connectivity index (χ2v) is 5.14. The van der Waals surface area contributed by atoms with Crippen molar-refractivity contribution in [3.8, 4) is 0 Å². The highest BCUT2D eigenvalue weighted by atomic mass is 35.5. The quantitative estimate of drug-likeness (QED) is 0.456. The molecule has 23 heavy (non-hydrogen) atoms. The van der Waals surface area contributed by atoms with Crippen LogP contribution in [0.1, 0.15) is 12.5 Å². The van der Waals surface area contributed by atoms with E-state index in [1.807, 2.05) is 19.1 Å². The number of carbonyl (C=O) groups is 1. The fraction of sp³-hybridized carbons (Fsp3) is 0.200. The number of hydrogen-bond acceptors (Lipinski definition) is 3. The molecular formula is C15H15Cl2N3O3. The first kappa shape index (κ1) is 18.9. The minimum Gasteiger partial charge on any atom is -1.00 e. The van der Waals surface area contributed by atoms with Crippen LogP contribution in [0.4, 0.5) is 11.4 Å². The molecule has 1 aromatic heterocycles. The molecule has 0 fully saturated rings. The van der Waals surface area contributed by atoms with Crippen LogP contribution in [0.2, 0.25) is 5.02 Å². The van der Waals surface area contributed by atoms with Gasteiger partial charge in [0.25, 0.3) is 11.6 Å². The molecule has 0 bridgehead atoms. The van der Waals surface area contributed by atoms with E-state index < -0.39 is 4.92 Å². The lowest BCUT2D eigenvalue weighted by Gasteiger charge is -2.05. The first-order valence-electron chi connectivity index (χ1n) is 6.71. The zero-order chi connectivity index (χ0) is 16.1. The molecule has 1 amide bonds. The molecule has 2 aromatic rings. The summed E-state index contributed by atoms with van der Waals surface area (Å²) in [5.74, 6) is -0.348. The molecule has 6 nitrogen and oxygen atoms in total. The molecule has 1 heterocycles. The molecule has 0 saturated carbocycles. The maximum Gasteiger partial charge on any atom is 0.294 e. The van der Waals surface area contributed by atoms with E-state index in [2.05, 4.69) is 5.32 Å². The molecule has 0 atom stereocenters. The number of aryl methyl sites for hydroxylation is 1. The number of amides is 1. The Labute approximate surface area is 144 Å². The molecule has 0 aliphatic carbocycles. The number of nitrogens with one attached hydrogen (secondary N) is 1. The average molecular weight is 356 g/mol. The van der Waals surface area contributed by atoms with Crippen LogP contribution in [-0.4, -0.2) is 10.8 Å². The third-order valence-corrected chi connectivity index (χ3v) is 3.36. The molecule has 8 heteroatoms. The molecule has 122 valence electrons. The normalized spacial score (nSPS) is 9.83. The van der Waals surface area contributed by atoms with Gasteiger partial charge in [-0.25, -0.2) is 0 Å². The number of pyridine rings is 1. The van der Waals surface area contributed by atoms with Crippen molar-refractivity contribution in [1.29, 1.82) is 0 Å². The molecule has 1 aromatic carbocycles. The number of nitro benzene ring substituents is 1. The number of benzene rings is 1. The predicted molar refractivity (Wildman–Crippen MR) is 82.8 cm³/mol. The summed E-state index contributed by atoms with van der Waals surface area (Å²) in [5.41, 5.74) is 1.07. The Kier molecular flexibility index (Phi) is 6.93. The number of hydrogen-bond donors (Lipinski definition) is 1. The van der Waals surface area contributed by atoms with Gasteiger partial charge in [-0.2, -0.15) is 4.57 Å². The van der Waals surface area contributed by atoms with Gasteiger partial charge in [0.2, 0.25) is 6.54 Å². The van der Waals surface area contributed by atoms with Crippen molar-refractivity contribution >= 4 is 28.9 Å².